The summed E-state index contributed by atoms with van der Waals surface area (Å²) in [4.78, 5) is 4.28. The number of aliphatic hydroxyl groups is 1. The number of hydrogen-bond donors (Lipinski definition) is 2. The van der Waals surface area contributed by atoms with E-state index in [2.05, 4.69) is 10.1 Å². The van der Waals surface area contributed by atoms with Crippen LogP contribution in [-0.4, -0.2) is 35.1 Å². The highest BCUT2D eigenvalue weighted by molar-refractivity contribution is 4.98. The molecule has 16 heavy (non-hydrogen) atoms. The van der Waals surface area contributed by atoms with Gasteiger partial charge in [-0.1, -0.05) is 5.16 Å². The maximum atomic E-state index is 8.77. The number of hydrogen-bond acceptors (Lipinski definition) is 6. The van der Waals surface area contributed by atoms with E-state index in [-0.39, 0.29) is 12.6 Å². The third-order valence-electron chi connectivity index (χ3n) is 2.80. The number of nitrogens with two attached hydrogens (primary N) is 1. The molecule has 0 radical (unpaired) electrons. The normalized spacial score (nSPS) is 19.9. The maximum absolute atomic E-state index is 8.77. The molecule has 2 rings (SSSR count). The SMILES string of the molecule is NC(CCO)c1nc(C2CCOCC2)no1. The molecule has 1 aliphatic heterocycles. The molecule has 0 aliphatic carbocycles. The van der Waals surface area contributed by atoms with Crippen molar-refractivity contribution in [2.75, 3.05) is 19.8 Å². The lowest BCUT2D eigenvalue weighted by Crippen LogP contribution is -2.16. The smallest absolute Gasteiger partial charge is 0.243 e. The zero-order valence-electron chi connectivity index (χ0n) is 9.13. The monoisotopic (exact) mass is 227 g/mol. The second kappa shape index (κ2) is 5.38. The van der Waals surface area contributed by atoms with Gasteiger partial charge in [-0.25, -0.2) is 0 Å². The van der Waals surface area contributed by atoms with Crippen LogP contribution < -0.4 is 5.73 Å². The lowest BCUT2D eigenvalue weighted by molar-refractivity contribution is 0.0830. The van der Waals surface area contributed by atoms with Gasteiger partial charge in [0.1, 0.15) is 0 Å². The van der Waals surface area contributed by atoms with E-state index in [9.17, 15) is 0 Å². The summed E-state index contributed by atoms with van der Waals surface area (Å²) in [5.41, 5.74) is 5.77. The lowest BCUT2D eigenvalue weighted by Gasteiger charge is -2.18. The van der Waals surface area contributed by atoms with Gasteiger partial charge in [-0.2, -0.15) is 4.98 Å². The second-order valence-electron chi connectivity index (χ2n) is 4.00. The molecule has 2 heterocycles. The highest BCUT2D eigenvalue weighted by Crippen LogP contribution is 2.25. The first-order valence-corrected chi connectivity index (χ1v) is 5.59. The Labute approximate surface area is 93.8 Å². The fourth-order valence-electron chi connectivity index (χ4n) is 1.78. The summed E-state index contributed by atoms with van der Waals surface area (Å²) in [6.07, 6.45) is 2.29. The van der Waals surface area contributed by atoms with Crippen molar-refractivity contribution in [3.8, 4) is 0 Å². The van der Waals surface area contributed by atoms with Gasteiger partial charge in [0.05, 0.1) is 6.04 Å². The molecule has 0 spiro atoms. The summed E-state index contributed by atoms with van der Waals surface area (Å²) in [7, 11) is 0. The van der Waals surface area contributed by atoms with Crippen LogP contribution in [0.15, 0.2) is 4.52 Å². The number of ether oxygens (including phenoxy) is 1. The minimum Gasteiger partial charge on any atom is -0.396 e. The fraction of sp³-hybridized carbons (Fsp3) is 0.800. The average molecular weight is 227 g/mol. The van der Waals surface area contributed by atoms with Gasteiger partial charge in [0.2, 0.25) is 5.89 Å². The molecule has 1 atom stereocenters. The van der Waals surface area contributed by atoms with Gasteiger partial charge in [-0.15, -0.1) is 0 Å². The van der Waals surface area contributed by atoms with Crippen molar-refractivity contribution in [2.45, 2.75) is 31.2 Å². The number of aliphatic hydroxyl groups excluding tert-OH is 1. The molecule has 1 saturated heterocycles. The Bertz CT molecular complexity index is 323. The molecule has 3 N–H and O–H groups in total. The van der Waals surface area contributed by atoms with Crippen LogP contribution >= 0.6 is 0 Å². The van der Waals surface area contributed by atoms with Crippen molar-refractivity contribution in [1.82, 2.24) is 10.1 Å². The van der Waals surface area contributed by atoms with Gasteiger partial charge in [0.25, 0.3) is 0 Å². The Hall–Kier alpha value is -0.980. The van der Waals surface area contributed by atoms with E-state index in [0.717, 1.165) is 26.1 Å². The molecular formula is C10H17N3O3. The van der Waals surface area contributed by atoms with Gasteiger partial charge in [-0.3, -0.25) is 0 Å². The minimum absolute atomic E-state index is 0.0240. The molecule has 1 aromatic heterocycles. The summed E-state index contributed by atoms with van der Waals surface area (Å²) in [5.74, 6) is 1.44. The van der Waals surface area contributed by atoms with Gasteiger partial charge < -0.3 is 20.1 Å². The highest BCUT2D eigenvalue weighted by atomic mass is 16.5. The van der Waals surface area contributed by atoms with E-state index in [1.54, 1.807) is 0 Å². The Morgan fingerprint density at radius 1 is 1.44 bits per heavy atom. The maximum Gasteiger partial charge on any atom is 0.243 e. The summed E-state index contributed by atoms with van der Waals surface area (Å²) in [6.45, 7) is 1.52. The quantitative estimate of drug-likeness (QED) is 0.770. The number of aromatic nitrogens is 2. The van der Waals surface area contributed by atoms with Gasteiger partial charge in [0, 0.05) is 25.7 Å². The minimum atomic E-state index is -0.369. The van der Waals surface area contributed by atoms with Crippen LogP contribution in [0.5, 0.6) is 0 Å². The summed E-state index contributed by atoms with van der Waals surface area (Å²) >= 11 is 0. The van der Waals surface area contributed by atoms with Crippen molar-refractivity contribution in [1.29, 1.82) is 0 Å². The van der Waals surface area contributed by atoms with Crippen LogP contribution in [0.1, 0.15) is 42.9 Å². The first-order chi connectivity index (χ1) is 7.81. The number of rotatable bonds is 4. The molecule has 1 fully saturated rings. The molecule has 0 aromatic carbocycles. The van der Waals surface area contributed by atoms with E-state index in [4.69, 9.17) is 20.1 Å². The second-order valence-corrected chi connectivity index (χ2v) is 4.00. The third kappa shape index (κ3) is 2.58. The topological polar surface area (TPSA) is 94.4 Å². The predicted molar refractivity (Wildman–Crippen MR) is 55.7 cm³/mol. The zero-order chi connectivity index (χ0) is 11.4. The Morgan fingerprint density at radius 3 is 2.88 bits per heavy atom. The molecule has 1 aliphatic rings. The first-order valence-electron chi connectivity index (χ1n) is 5.59. The Morgan fingerprint density at radius 2 is 2.19 bits per heavy atom. The van der Waals surface area contributed by atoms with Crippen molar-refractivity contribution < 1.29 is 14.4 Å². The van der Waals surface area contributed by atoms with Gasteiger partial charge >= 0.3 is 0 Å². The summed E-state index contributed by atoms with van der Waals surface area (Å²) in [6, 6.07) is -0.369. The van der Waals surface area contributed by atoms with E-state index in [1.165, 1.54) is 0 Å². The first kappa shape index (κ1) is 11.5. The van der Waals surface area contributed by atoms with Crippen LogP contribution in [0.3, 0.4) is 0 Å². The molecule has 1 unspecified atom stereocenters. The molecule has 6 nitrogen and oxygen atoms in total. The lowest BCUT2D eigenvalue weighted by atomic mass is 10.00. The van der Waals surface area contributed by atoms with E-state index in [0.29, 0.717) is 24.1 Å². The van der Waals surface area contributed by atoms with Crippen molar-refractivity contribution in [3.63, 3.8) is 0 Å². The molecule has 90 valence electrons. The van der Waals surface area contributed by atoms with Crippen LogP contribution in [0.4, 0.5) is 0 Å². The number of nitrogens with zero attached hydrogens (tertiary/aromatic N) is 2. The van der Waals surface area contributed by atoms with Crippen LogP contribution in [0, 0.1) is 0 Å². The van der Waals surface area contributed by atoms with Crippen molar-refractivity contribution >= 4 is 0 Å². The molecule has 0 bridgehead atoms. The van der Waals surface area contributed by atoms with Crippen LogP contribution in [-0.2, 0) is 4.74 Å². The predicted octanol–water partition coefficient (Wildman–Crippen LogP) is 0.346. The van der Waals surface area contributed by atoms with Gasteiger partial charge in [-0.05, 0) is 19.3 Å². The summed E-state index contributed by atoms with van der Waals surface area (Å²) < 4.78 is 10.4. The highest BCUT2D eigenvalue weighted by Gasteiger charge is 2.22. The van der Waals surface area contributed by atoms with E-state index >= 15 is 0 Å². The van der Waals surface area contributed by atoms with Crippen molar-refractivity contribution in [3.05, 3.63) is 11.7 Å². The zero-order valence-corrected chi connectivity index (χ0v) is 9.13. The molecule has 0 saturated carbocycles. The Kier molecular flexibility index (Phi) is 3.87. The van der Waals surface area contributed by atoms with Crippen LogP contribution in [0.25, 0.3) is 0 Å². The fourth-order valence-corrected chi connectivity index (χ4v) is 1.78. The summed E-state index contributed by atoms with van der Waals surface area (Å²) in [5, 5.41) is 12.7. The molecule has 0 amide bonds. The standard InChI is InChI=1S/C10H17N3O3/c11-8(1-4-14)10-12-9(13-16-10)7-2-5-15-6-3-7/h7-8,14H,1-6,11H2. The molecule has 6 heteroatoms. The molecule has 1 aromatic rings. The van der Waals surface area contributed by atoms with Crippen molar-refractivity contribution in [2.24, 2.45) is 5.73 Å². The largest absolute Gasteiger partial charge is 0.396 e. The van der Waals surface area contributed by atoms with Gasteiger partial charge in [0.15, 0.2) is 5.82 Å². The van der Waals surface area contributed by atoms with E-state index in [1.807, 2.05) is 0 Å². The van der Waals surface area contributed by atoms with E-state index < -0.39 is 0 Å². The third-order valence-corrected chi connectivity index (χ3v) is 2.80. The molecular weight excluding hydrogens is 210 g/mol. The Balaban J connectivity index is 2.00. The average Bonchev–Trinajstić information content (AvgIpc) is 2.80. The van der Waals surface area contributed by atoms with Crippen LogP contribution in [0.2, 0.25) is 0 Å².